The van der Waals surface area contributed by atoms with E-state index in [1.807, 2.05) is 42.5 Å². The number of benzene rings is 2. The molecule has 0 aliphatic carbocycles. The van der Waals surface area contributed by atoms with E-state index in [0.717, 1.165) is 33.3 Å². The van der Waals surface area contributed by atoms with Gasteiger partial charge in [-0.2, -0.15) is 0 Å². The summed E-state index contributed by atoms with van der Waals surface area (Å²) in [6, 6.07) is 15.4. The van der Waals surface area contributed by atoms with Gasteiger partial charge >= 0.3 is 0 Å². The second kappa shape index (κ2) is 5.21. The first-order valence-electron chi connectivity index (χ1n) is 7.32. The van der Waals surface area contributed by atoms with Crippen molar-refractivity contribution >= 4 is 27.8 Å². The molecule has 23 heavy (non-hydrogen) atoms. The molecular weight excluding hydrogens is 288 g/mol. The summed E-state index contributed by atoms with van der Waals surface area (Å²) >= 11 is 0. The third-order valence-corrected chi connectivity index (χ3v) is 3.86. The molecule has 112 valence electrons. The minimum absolute atomic E-state index is 0.116. The van der Waals surface area contributed by atoms with Gasteiger partial charge in [0.05, 0.1) is 16.6 Å². The number of nitrogens with zero attached hydrogens (tertiary/aromatic N) is 2. The molecule has 0 fully saturated rings. The largest absolute Gasteiger partial charge is 0.355 e. The number of pyridine rings is 1. The van der Waals surface area contributed by atoms with Crippen molar-refractivity contribution in [2.24, 2.45) is 0 Å². The smallest absolute Gasteiger partial charge is 0.251 e. The van der Waals surface area contributed by atoms with Crippen LogP contribution in [0, 0.1) is 0 Å². The highest BCUT2D eigenvalue weighted by atomic mass is 16.1. The van der Waals surface area contributed by atoms with E-state index < -0.39 is 0 Å². The van der Waals surface area contributed by atoms with Gasteiger partial charge in [0.25, 0.3) is 5.91 Å². The summed E-state index contributed by atoms with van der Waals surface area (Å²) in [4.78, 5) is 24.1. The van der Waals surface area contributed by atoms with Crippen LogP contribution in [0.15, 0.2) is 54.7 Å². The Balaban J connectivity index is 1.90. The number of aromatic nitrogens is 3. The molecule has 2 aromatic carbocycles. The minimum atomic E-state index is -0.116. The lowest BCUT2D eigenvalue weighted by molar-refractivity contribution is 0.0963. The van der Waals surface area contributed by atoms with Gasteiger partial charge in [-0.1, -0.05) is 18.2 Å². The fourth-order valence-corrected chi connectivity index (χ4v) is 2.72. The summed E-state index contributed by atoms with van der Waals surface area (Å²) in [5.74, 6) is 0.633. The van der Waals surface area contributed by atoms with E-state index in [4.69, 9.17) is 0 Å². The van der Waals surface area contributed by atoms with Crippen molar-refractivity contribution in [1.82, 2.24) is 20.3 Å². The van der Waals surface area contributed by atoms with Gasteiger partial charge in [0.1, 0.15) is 5.82 Å². The van der Waals surface area contributed by atoms with Crippen molar-refractivity contribution in [3.05, 3.63) is 60.3 Å². The van der Waals surface area contributed by atoms with Crippen LogP contribution in [-0.2, 0) is 0 Å². The predicted octanol–water partition coefficient (Wildman–Crippen LogP) is 3.14. The molecule has 0 atom stereocenters. The number of hydrogen-bond donors (Lipinski definition) is 2. The summed E-state index contributed by atoms with van der Waals surface area (Å²) in [6.07, 6.45) is 1.78. The number of nitrogens with one attached hydrogen (secondary N) is 2. The zero-order chi connectivity index (χ0) is 15.8. The number of para-hydroxylation sites is 1. The normalized spacial score (nSPS) is 11.0. The fraction of sp³-hybridized carbons (Fsp3) is 0.0556. The lowest BCUT2D eigenvalue weighted by Gasteiger charge is -2.02. The van der Waals surface area contributed by atoms with Crippen LogP contribution < -0.4 is 5.32 Å². The summed E-state index contributed by atoms with van der Waals surface area (Å²) in [5.41, 5.74) is 4.10. The molecule has 0 radical (unpaired) electrons. The van der Waals surface area contributed by atoms with E-state index in [9.17, 15) is 4.79 Å². The number of hydrogen-bond acceptors (Lipinski definition) is 3. The highest BCUT2D eigenvalue weighted by molar-refractivity contribution is 5.98. The van der Waals surface area contributed by atoms with Crippen molar-refractivity contribution in [3.63, 3.8) is 0 Å². The Kier molecular flexibility index (Phi) is 3.05. The third-order valence-electron chi connectivity index (χ3n) is 3.86. The van der Waals surface area contributed by atoms with Gasteiger partial charge in [-0.05, 0) is 30.3 Å². The van der Waals surface area contributed by atoms with E-state index in [2.05, 4.69) is 20.3 Å². The van der Waals surface area contributed by atoms with Gasteiger partial charge in [0.2, 0.25) is 0 Å². The molecule has 0 aliphatic heterocycles. The number of carbonyl (C=O) groups is 1. The standard InChI is InChI=1S/C18H14N4O/c1-19-18(23)12-7-8-14-15(10-12)22-17(21-14)13-6-2-4-11-5-3-9-20-16(11)13/h2-10H,1H3,(H,19,23)(H,21,22). The van der Waals surface area contributed by atoms with Crippen molar-refractivity contribution in [2.45, 2.75) is 0 Å². The average Bonchev–Trinajstić information content (AvgIpc) is 3.03. The Labute approximate surface area is 132 Å². The molecule has 0 spiro atoms. The second-order valence-electron chi connectivity index (χ2n) is 5.28. The predicted molar refractivity (Wildman–Crippen MR) is 90.2 cm³/mol. The van der Waals surface area contributed by atoms with Gasteiger partial charge in [-0.25, -0.2) is 4.98 Å². The number of carbonyl (C=O) groups excluding carboxylic acids is 1. The van der Waals surface area contributed by atoms with Crippen LogP contribution in [0.3, 0.4) is 0 Å². The maximum atomic E-state index is 11.8. The molecule has 0 bridgehead atoms. The lowest BCUT2D eigenvalue weighted by Crippen LogP contribution is -2.17. The molecule has 5 nitrogen and oxygen atoms in total. The number of H-pyrrole nitrogens is 1. The van der Waals surface area contributed by atoms with Gasteiger partial charge in [0.15, 0.2) is 0 Å². The third kappa shape index (κ3) is 2.23. The van der Waals surface area contributed by atoms with E-state index in [0.29, 0.717) is 5.56 Å². The Morgan fingerprint density at radius 3 is 2.87 bits per heavy atom. The van der Waals surface area contributed by atoms with Crippen molar-refractivity contribution in [2.75, 3.05) is 7.05 Å². The average molecular weight is 302 g/mol. The van der Waals surface area contributed by atoms with Crippen molar-refractivity contribution in [3.8, 4) is 11.4 Å². The molecule has 0 aliphatic rings. The van der Waals surface area contributed by atoms with Crippen LogP contribution in [-0.4, -0.2) is 27.9 Å². The Bertz CT molecular complexity index is 1030. The summed E-state index contributed by atoms with van der Waals surface area (Å²) in [6.45, 7) is 0. The van der Waals surface area contributed by atoms with E-state index in [-0.39, 0.29) is 5.91 Å². The molecule has 1 amide bonds. The molecule has 0 saturated carbocycles. The Morgan fingerprint density at radius 2 is 2.00 bits per heavy atom. The highest BCUT2D eigenvalue weighted by Crippen LogP contribution is 2.27. The number of aromatic amines is 1. The maximum Gasteiger partial charge on any atom is 0.251 e. The molecule has 0 unspecified atom stereocenters. The van der Waals surface area contributed by atoms with Crippen LogP contribution in [0.2, 0.25) is 0 Å². The highest BCUT2D eigenvalue weighted by Gasteiger charge is 2.11. The molecule has 4 aromatic rings. The van der Waals surface area contributed by atoms with Gasteiger partial charge in [-0.3, -0.25) is 9.78 Å². The topological polar surface area (TPSA) is 70.7 Å². The zero-order valence-electron chi connectivity index (χ0n) is 12.5. The molecule has 4 rings (SSSR count). The SMILES string of the molecule is CNC(=O)c1ccc2nc(-c3cccc4cccnc34)[nH]c2c1. The van der Waals surface area contributed by atoms with Gasteiger partial charge in [0, 0.05) is 29.8 Å². The molecule has 0 saturated heterocycles. The summed E-state index contributed by atoms with van der Waals surface area (Å²) < 4.78 is 0. The number of imidazole rings is 1. The van der Waals surface area contributed by atoms with E-state index in [1.165, 1.54) is 0 Å². The number of rotatable bonds is 2. The van der Waals surface area contributed by atoms with Crippen LogP contribution in [0.4, 0.5) is 0 Å². The van der Waals surface area contributed by atoms with Crippen molar-refractivity contribution in [1.29, 1.82) is 0 Å². The van der Waals surface area contributed by atoms with Crippen LogP contribution in [0.5, 0.6) is 0 Å². The maximum absolute atomic E-state index is 11.8. The Morgan fingerprint density at radius 1 is 1.13 bits per heavy atom. The lowest BCUT2D eigenvalue weighted by atomic mass is 10.1. The van der Waals surface area contributed by atoms with Gasteiger partial charge in [-0.15, -0.1) is 0 Å². The van der Waals surface area contributed by atoms with Crippen LogP contribution >= 0.6 is 0 Å². The second-order valence-corrected chi connectivity index (χ2v) is 5.28. The van der Waals surface area contributed by atoms with Crippen molar-refractivity contribution < 1.29 is 4.79 Å². The fourth-order valence-electron chi connectivity index (χ4n) is 2.72. The number of amides is 1. The zero-order valence-corrected chi connectivity index (χ0v) is 12.5. The molecule has 2 heterocycles. The first-order valence-corrected chi connectivity index (χ1v) is 7.32. The minimum Gasteiger partial charge on any atom is -0.355 e. The molecular formula is C18H14N4O. The Hall–Kier alpha value is -3.21. The van der Waals surface area contributed by atoms with Gasteiger partial charge < -0.3 is 10.3 Å². The van der Waals surface area contributed by atoms with E-state index in [1.54, 1.807) is 19.3 Å². The molecule has 5 heteroatoms. The molecule has 2 N–H and O–H groups in total. The first kappa shape index (κ1) is 13.5. The van der Waals surface area contributed by atoms with Crippen LogP contribution in [0.1, 0.15) is 10.4 Å². The first-order chi connectivity index (χ1) is 11.3. The van der Waals surface area contributed by atoms with E-state index >= 15 is 0 Å². The summed E-state index contributed by atoms with van der Waals surface area (Å²) in [5, 5.41) is 3.69. The quantitative estimate of drug-likeness (QED) is 0.597. The summed E-state index contributed by atoms with van der Waals surface area (Å²) in [7, 11) is 1.62. The monoisotopic (exact) mass is 302 g/mol. The number of fused-ring (bicyclic) bond motifs is 2. The molecule has 2 aromatic heterocycles. The van der Waals surface area contributed by atoms with Crippen LogP contribution in [0.25, 0.3) is 33.3 Å².